The maximum atomic E-state index is 10.1. The fourth-order valence-electron chi connectivity index (χ4n) is 2.09. The lowest BCUT2D eigenvalue weighted by atomic mass is 9.76. The summed E-state index contributed by atoms with van der Waals surface area (Å²) < 4.78 is 0. The Morgan fingerprint density at radius 2 is 1.40 bits per heavy atom. The molecule has 3 atom stereocenters. The zero-order valence-corrected chi connectivity index (χ0v) is 11.7. The Morgan fingerprint density at radius 1 is 0.933 bits per heavy atom. The smallest absolute Gasteiger partial charge is 0.0573 e. The Morgan fingerprint density at radius 3 is 1.73 bits per heavy atom. The molecule has 0 saturated carbocycles. The Kier molecular flexibility index (Phi) is 5.87. The van der Waals surface area contributed by atoms with Gasteiger partial charge in [0.25, 0.3) is 0 Å². The molecule has 0 aromatic carbocycles. The molecule has 92 valence electrons. The first-order chi connectivity index (χ1) is 6.64. The van der Waals surface area contributed by atoms with Crippen LogP contribution in [-0.4, -0.2) is 11.2 Å². The predicted octanol–water partition coefficient (Wildman–Crippen LogP) is 4.10. The molecule has 0 aliphatic rings. The minimum atomic E-state index is -0.154. The SMILES string of the molecule is CC(C)CC(C)CC(O)C(C)C(C)(C)C. The van der Waals surface area contributed by atoms with Crippen molar-refractivity contribution in [1.82, 2.24) is 0 Å². The molecule has 0 radical (unpaired) electrons. The van der Waals surface area contributed by atoms with Crippen molar-refractivity contribution in [3.63, 3.8) is 0 Å². The molecule has 1 nitrogen and oxygen atoms in total. The van der Waals surface area contributed by atoms with E-state index in [1.165, 1.54) is 6.42 Å². The van der Waals surface area contributed by atoms with Gasteiger partial charge in [-0.15, -0.1) is 0 Å². The van der Waals surface area contributed by atoms with E-state index in [-0.39, 0.29) is 11.5 Å². The summed E-state index contributed by atoms with van der Waals surface area (Å²) in [5.41, 5.74) is 0.205. The number of hydrogen-bond acceptors (Lipinski definition) is 1. The second kappa shape index (κ2) is 5.89. The summed E-state index contributed by atoms with van der Waals surface area (Å²) in [5.74, 6) is 1.73. The Bertz CT molecular complexity index is 167. The van der Waals surface area contributed by atoms with Gasteiger partial charge in [0, 0.05) is 0 Å². The van der Waals surface area contributed by atoms with Crippen LogP contribution >= 0.6 is 0 Å². The molecule has 3 unspecified atom stereocenters. The summed E-state index contributed by atoms with van der Waals surface area (Å²) >= 11 is 0. The van der Waals surface area contributed by atoms with E-state index in [4.69, 9.17) is 0 Å². The highest BCUT2D eigenvalue weighted by atomic mass is 16.3. The van der Waals surface area contributed by atoms with Gasteiger partial charge < -0.3 is 5.11 Å². The lowest BCUT2D eigenvalue weighted by molar-refractivity contribution is 0.0351. The standard InChI is InChI=1S/C14H30O/c1-10(2)8-11(3)9-13(15)12(4)14(5,6)7/h10-13,15H,8-9H2,1-7H3. The van der Waals surface area contributed by atoms with E-state index in [0.29, 0.717) is 11.8 Å². The van der Waals surface area contributed by atoms with Crippen LogP contribution in [0, 0.1) is 23.2 Å². The molecule has 0 bridgehead atoms. The van der Waals surface area contributed by atoms with Crippen LogP contribution in [0.1, 0.15) is 61.3 Å². The van der Waals surface area contributed by atoms with Crippen molar-refractivity contribution >= 4 is 0 Å². The van der Waals surface area contributed by atoms with Gasteiger partial charge in [-0.2, -0.15) is 0 Å². The molecule has 1 N–H and O–H groups in total. The van der Waals surface area contributed by atoms with E-state index in [0.717, 1.165) is 12.3 Å². The third-order valence-corrected chi connectivity index (χ3v) is 3.46. The maximum absolute atomic E-state index is 10.1. The summed E-state index contributed by atoms with van der Waals surface area (Å²) in [6.45, 7) is 15.5. The number of aliphatic hydroxyl groups excluding tert-OH is 1. The van der Waals surface area contributed by atoms with Gasteiger partial charge in [-0.1, -0.05) is 48.5 Å². The zero-order chi connectivity index (χ0) is 12.2. The van der Waals surface area contributed by atoms with E-state index >= 15 is 0 Å². The van der Waals surface area contributed by atoms with Gasteiger partial charge in [0.1, 0.15) is 0 Å². The quantitative estimate of drug-likeness (QED) is 0.730. The van der Waals surface area contributed by atoms with Gasteiger partial charge in [0.05, 0.1) is 6.10 Å². The summed E-state index contributed by atoms with van der Waals surface area (Å²) in [4.78, 5) is 0. The van der Waals surface area contributed by atoms with E-state index in [1.54, 1.807) is 0 Å². The Labute approximate surface area is 96.3 Å². The van der Waals surface area contributed by atoms with E-state index in [1.807, 2.05) is 0 Å². The normalized spacial score (nSPS) is 19.0. The molecule has 0 fully saturated rings. The third kappa shape index (κ3) is 6.19. The van der Waals surface area contributed by atoms with E-state index in [2.05, 4.69) is 48.5 Å². The topological polar surface area (TPSA) is 20.2 Å². The zero-order valence-electron chi connectivity index (χ0n) is 11.7. The van der Waals surface area contributed by atoms with Gasteiger partial charge in [-0.3, -0.25) is 0 Å². The maximum Gasteiger partial charge on any atom is 0.0573 e. The van der Waals surface area contributed by atoms with Crippen molar-refractivity contribution in [1.29, 1.82) is 0 Å². The first-order valence-electron chi connectivity index (χ1n) is 6.32. The molecule has 1 heteroatoms. The van der Waals surface area contributed by atoms with Crippen molar-refractivity contribution < 1.29 is 5.11 Å². The monoisotopic (exact) mass is 214 g/mol. The van der Waals surface area contributed by atoms with E-state index < -0.39 is 0 Å². The van der Waals surface area contributed by atoms with Gasteiger partial charge in [0.2, 0.25) is 0 Å². The van der Waals surface area contributed by atoms with Crippen molar-refractivity contribution in [2.75, 3.05) is 0 Å². The second-order valence-corrected chi connectivity index (χ2v) is 6.69. The van der Waals surface area contributed by atoms with Crippen LogP contribution in [0.3, 0.4) is 0 Å². The van der Waals surface area contributed by atoms with Crippen LogP contribution in [0.4, 0.5) is 0 Å². The lowest BCUT2D eigenvalue weighted by Gasteiger charge is -2.33. The van der Waals surface area contributed by atoms with Crippen LogP contribution in [0.2, 0.25) is 0 Å². The van der Waals surface area contributed by atoms with Crippen LogP contribution in [0.25, 0.3) is 0 Å². The van der Waals surface area contributed by atoms with Crippen LogP contribution in [0.15, 0.2) is 0 Å². The minimum Gasteiger partial charge on any atom is -0.393 e. The average molecular weight is 214 g/mol. The van der Waals surface area contributed by atoms with Crippen LogP contribution in [-0.2, 0) is 0 Å². The molecule has 15 heavy (non-hydrogen) atoms. The first-order valence-corrected chi connectivity index (χ1v) is 6.32. The van der Waals surface area contributed by atoms with Crippen molar-refractivity contribution in [2.24, 2.45) is 23.2 Å². The fraction of sp³-hybridized carbons (Fsp3) is 1.00. The second-order valence-electron chi connectivity index (χ2n) is 6.69. The van der Waals surface area contributed by atoms with Crippen LogP contribution in [0.5, 0.6) is 0 Å². The Balaban J connectivity index is 4.07. The van der Waals surface area contributed by atoms with Gasteiger partial charge in [0.15, 0.2) is 0 Å². The summed E-state index contributed by atoms with van der Waals surface area (Å²) in [5, 5.41) is 10.1. The molecule has 0 aromatic heterocycles. The molecule has 0 aromatic rings. The highest BCUT2D eigenvalue weighted by molar-refractivity contribution is 4.78. The molecule has 0 heterocycles. The van der Waals surface area contributed by atoms with Crippen molar-refractivity contribution in [3.8, 4) is 0 Å². The minimum absolute atomic E-state index is 0.154. The fourth-order valence-corrected chi connectivity index (χ4v) is 2.09. The largest absolute Gasteiger partial charge is 0.393 e. The summed E-state index contributed by atoms with van der Waals surface area (Å²) in [6, 6.07) is 0. The molecule has 0 aliphatic heterocycles. The Hall–Kier alpha value is -0.0400. The number of hydrogen-bond donors (Lipinski definition) is 1. The number of aliphatic hydroxyl groups is 1. The van der Waals surface area contributed by atoms with Crippen molar-refractivity contribution in [3.05, 3.63) is 0 Å². The number of rotatable bonds is 5. The van der Waals surface area contributed by atoms with E-state index in [9.17, 15) is 5.11 Å². The van der Waals surface area contributed by atoms with Gasteiger partial charge in [-0.25, -0.2) is 0 Å². The highest BCUT2D eigenvalue weighted by Gasteiger charge is 2.27. The molecular weight excluding hydrogens is 184 g/mol. The molecule has 0 aliphatic carbocycles. The lowest BCUT2D eigenvalue weighted by Crippen LogP contribution is -2.31. The van der Waals surface area contributed by atoms with Crippen LogP contribution < -0.4 is 0 Å². The summed E-state index contributed by atoms with van der Waals surface area (Å²) in [7, 11) is 0. The van der Waals surface area contributed by atoms with Gasteiger partial charge >= 0.3 is 0 Å². The molecule has 0 amide bonds. The van der Waals surface area contributed by atoms with Gasteiger partial charge in [-0.05, 0) is 36.0 Å². The molecular formula is C14H30O. The van der Waals surface area contributed by atoms with Crippen molar-refractivity contribution in [2.45, 2.75) is 67.4 Å². The first kappa shape index (κ1) is 15.0. The predicted molar refractivity (Wildman–Crippen MR) is 67.9 cm³/mol. The summed E-state index contributed by atoms with van der Waals surface area (Å²) in [6.07, 6.45) is 2.00. The third-order valence-electron chi connectivity index (χ3n) is 3.46. The molecule has 0 spiro atoms. The highest BCUT2D eigenvalue weighted by Crippen LogP contribution is 2.31. The molecule has 0 saturated heterocycles. The molecule has 0 rings (SSSR count). The average Bonchev–Trinajstić information content (AvgIpc) is 1.99.